The van der Waals surface area contributed by atoms with Crippen LogP contribution in [0.25, 0.3) is 11.5 Å². The minimum absolute atomic E-state index is 0.159. The van der Waals surface area contributed by atoms with Gasteiger partial charge in [-0.1, -0.05) is 24.2 Å². The average Bonchev–Trinajstić information content (AvgIpc) is 3.32. The van der Waals surface area contributed by atoms with Crippen LogP contribution in [0.5, 0.6) is 0 Å². The molecular weight excluding hydrogens is 316 g/mol. The number of carbonyl (C=O) groups is 1. The molecule has 3 heterocycles. The maximum absolute atomic E-state index is 12.0. The van der Waals surface area contributed by atoms with Gasteiger partial charge in [-0.2, -0.15) is 16.3 Å². The van der Waals surface area contributed by atoms with E-state index in [1.807, 2.05) is 23.8 Å². The first-order valence-electron chi connectivity index (χ1n) is 7.27. The lowest BCUT2D eigenvalue weighted by molar-refractivity contribution is 0.0912. The predicted molar refractivity (Wildman–Crippen MR) is 84.0 cm³/mol. The summed E-state index contributed by atoms with van der Waals surface area (Å²) in [7, 11) is 0. The Labute approximate surface area is 136 Å². The monoisotopic (exact) mass is 332 g/mol. The smallest absolute Gasteiger partial charge is 0.290 e. The number of thiophene rings is 1. The average molecular weight is 332 g/mol. The van der Waals surface area contributed by atoms with Crippen LogP contribution in [0.3, 0.4) is 0 Å². The molecule has 7 nitrogen and oxygen atoms in total. The fourth-order valence-electron chi connectivity index (χ4n) is 1.91. The Morgan fingerprint density at radius 2 is 2.26 bits per heavy atom. The molecule has 1 unspecified atom stereocenters. The van der Waals surface area contributed by atoms with E-state index in [0.29, 0.717) is 11.7 Å². The Kier molecular flexibility index (Phi) is 4.52. The lowest BCUT2D eigenvalue weighted by Gasteiger charge is -2.00. The Bertz CT molecular complexity index is 778. The normalized spacial score (nSPS) is 12.3. The highest BCUT2D eigenvalue weighted by Crippen LogP contribution is 2.20. The summed E-state index contributed by atoms with van der Waals surface area (Å²) >= 11 is 1.55. The van der Waals surface area contributed by atoms with Crippen molar-refractivity contribution in [2.45, 2.75) is 32.7 Å². The largest absolute Gasteiger partial charge is 0.351 e. The quantitative estimate of drug-likeness (QED) is 0.745. The first-order chi connectivity index (χ1) is 11.2. The van der Waals surface area contributed by atoms with Crippen molar-refractivity contribution in [3.05, 3.63) is 40.2 Å². The minimum Gasteiger partial charge on any atom is -0.351 e. The second-order valence-electron chi connectivity index (χ2n) is 5.14. The van der Waals surface area contributed by atoms with Crippen LogP contribution in [-0.4, -0.2) is 21.2 Å². The molecule has 23 heavy (non-hydrogen) atoms. The Balaban J connectivity index is 1.60. The number of hydrogen-bond donors (Lipinski definition) is 1. The van der Waals surface area contributed by atoms with Crippen LogP contribution in [0.2, 0.25) is 0 Å². The summed E-state index contributed by atoms with van der Waals surface area (Å²) in [4.78, 5) is 16.3. The topological polar surface area (TPSA) is 94.1 Å². The predicted octanol–water partition coefficient (Wildman–Crippen LogP) is 3.23. The van der Waals surface area contributed by atoms with Crippen LogP contribution in [0.15, 0.2) is 31.9 Å². The standard InChI is InChI=1S/C15H16N4O3S/c1-3-9(2)11-6-12(21-18-11)14(20)16-7-13-17-15(22-19-13)10-4-5-23-8-10/h4-6,8-9H,3,7H2,1-2H3,(H,16,20). The molecule has 1 amide bonds. The van der Waals surface area contributed by atoms with Gasteiger partial charge in [-0.25, -0.2) is 0 Å². The van der Waals surface area contributed by atoms with E-state index in [9.17, 15) is 4.79 Å². The Morgan fingerprint density at radius 3 is 3.00 bits per heavy atom. The van der Waals surface area contributed by atoms with Crippen LogP contribution in [0.1, 0.15) is 48.3 Å². The van der Waals surface area contributed by atoms with Crippen LogP contribution in [0.4, 0.5) is 0 Å². The molecule has 0 saturated carbocycles. The van der Waals surface area contributed by atoms with Crippen molar-refractivity contribution >= 4 is 17.2 Å². The summed E-state index contributed by atoms with van der Waals surface area (Å²) in [5.74, 6) is 0.928. The molecule has 0 radical (unpaired) electrons. The van der Waals surface area contributed by atoms with E-state index in [0.717, 1.165) is 17.7 Å². The Morgan fingerprint density at radius 1 is 1.39 bits per heavy atom. The molecule has 3 rings (SSSR count). The maximum Gasteiger partial charge on any atom is 0.290 e. The summed E-state index contributed by atoms with van der Waals surface area (Å²) in [6, 6.07) is 3.56. The second kappa shape index (κ2) is 6.74. The molecule has 8 heteroatoms. The third-order valence-corrected chi connectivity index (χ3v) is 4.20. The molecule has 0 spiro atoms. The molecule has 0 aliphatic carbocycles. The molecule has 1 atom stereocenters. The fourth-order valence-corrected chi connectivity index (χ4v) is 2.54. The molecule has 0 aliphatic heterocycles. The molecule has 0 bridgehead atoms. The second-order valence-corrected chi connectivity index (χ2v) is 5.92. The van der Waals surface area contributed by atoms with Crippen molar-refractivity contribution in [1.29, 1.82) is 0 Å². The van der Waals surface area contributed by atoms with Crippen molar-refractivity contribution in [1.82, 2.24) is 20.6 Å². The third-order valence-electron chi connectivity index (χ3n) is 3.51. The lowest BCUT2D eigenvalue weighted by atomic mass is 10.1. The first-order valence-corrected chi connectivity index (χ1v) is 8.21. The SMILES string of the molecule is CCC(C)c1cc(C(=O)NCc2noc(-c3ccsc3)n2)on1. The van der Waals surface area contributed by atoms with E-state index < -0.39 is 0 Å². The van der Waals surface area contributed by atoms with Crippen molar-refractivity contribution in [3.63, 3.8) is 0 Å². The highest BCUT2D eigenvalue weighted by atomic mass is 32.1. The molecule has 3 aromatic rings. The van der Waals surface area contributed by atoms with E-state index in [-0.39, 0.29) is 24.1 Å². The summed E-state index contributed by atoms with van der Waals surface area (Å²) in [6.07, 6.45) is 0.932. The van der Waals surface area contributed by atoms with E-state index >= 15 is 0 Å². The zero-order valence-corrected chi connectivity index (χ0v) is 13.6. The van der Waals surface area contributed by atoms with E-state index in [2.05, 4.69) is 27.5 Å². The van der Waals surface area contributed by atoms with Gasteiger partial charge < -0.3 is 14.4 Å². The van der Waals surface area contributed by atoms with Gasteiger partial charge in [0.2, 0.25) is 5.76 Å². The number of nitrogens with one attached hydrogen (secondary N) is 1. The molecule has 0 aromatic carbocycles. The van der Waals surface area contributed by atoms with Gasteiger partial charge in [0, 0.05) is 17.4 Å². The van der Waals surface area contributed by atoms with Gasteiger partial charge >= 0.3 is 0 Å². The van der Waals surface area contributed by atoms with Gasteiger partial charge in [0.1, 0.15) is 0 Å². The van der Waals surface area contributed by atoms with Gasteiger partial charge in [-0.3, -0.25) is 4.79 Å². The van der Waals surface area contributed by atoms with E-state index in [1.165, 1.54) is 0 Å². The third kappa shape index (κ3) is 3.48. The molecule has 3 aromatic heterocycles. The number of aromatic nitrogens is 3. The van der Waals surface area contributed by atoms with Crippen molar-refractivity contribution in [2.75, 3.05) is 0 Å². The first kappa shape index (κ1) is 15.4. The number of carbonyl (C=O) groups excluding carboxylic acids is 1. The molecular formula is C15H16N4O3S. The summed E-state index contributed by atoms with van der Waals surface area (Å²) in [5.41, 5.74) is 1.64. The van der Waals surface area contributed by atoms with Crippen LogP contribution < -0.4 is 5.32 Å². The van der Waals surface area contributed by atoms with Crippen molar-refractivity contribution < 1.29 is 13.8 Å². The number of amides is 1. The van der Waals surface area contributed by atoms with Crippen LogP contribution in [0, 0.1) is 0 Å². The van der Waals surface area contributed by atoms with Crippen molar-refractivity contribution in [3.8, 4) is 11.5 Å². The highest BCUT2D eigenvalue weighted by Gasteiger charge is 2.17. The zero-order valence-electron chi connectivity index (χ0n) is 12.8. The molecule has 0 saturated heterocycles. The number of rotatable bonds is 6. The van der Waals surface area contributed by atoms with Gasteiger partial charge in [-0.15, -0.1) is 0 Å². The number of hydrogen-bond acceptors (Lipinski definition) is 7. The fraction of sp³-hybridized carbons (Fsp3) is 0.333. The zero-order chi connectivity index (χ0) is 16.2. The molecule has 0 aliphatic rings. The van der Waals surface area contributed by atoms with Gasteiger partial charge in [0.15, 0.2) is 5.82 Å². The van der Waals surface area contributed by atoms with Gasteiger partial charge in [-0.05, 0) is 17.9 Å². The minimum atomic E-state index is -0.353. The molecule has 120 valence electrons. The van der Waals surface area contributed by atoms with E-state index in [4.69, 9.17) is 9.05 Å². The summed E-state index contributed by atoms with van der Waals surface area (Å²) in [6.45, 7) is 4.25. The lowest BCUT2D eigenvalue weighted by Crippen LogP contribution is -2.22. The van der Waals surface area contributed by atoms with Gasteiger partial charge in [0.25, 0.3) is 11.8 Å². The summed E-state index contributed by atoms with van der Waals surface area (Å²) in [5, 5.41) is 14.3. The highest BCUT2D eigenvalue weighted by molar-refractivity contribution is 7.08. The van der Waals surface area contributed by atoms with Crippen molar-refractivity contribution in [2.24, 2.45) is 0 Å². The molecule has 1 N–H and O–H groups in total. The van der Waals surface area contributed by atoms with E-state index in [1.54, 1.807) is 17.4 Å². The van der Waals surface area contributed by atoms with Gasteiger partial charge in [0.05, 0.1) is 17.8 Å². The molecule has 0 fully saturated rings. The summed E-state index contributed by atoms with van der Waals surface area (Å²) < 4.78 is 10.2. The maximum atomic E-state index is 12.0. The number of nitrogens with zero attached hydrogens (tertiary/aromatic N) is 3. The van der Waals surface area contributed by atoms with Crippen LogP contribution >= 0.6 is 11.3 Å². The van der Waals surface area contributed by atoms with Crippen LogP contribution in [-0.2, 0) is 6.54 Å². The Hall–Kier alpha value is -2.48.